The van der Waals surface area contributed by atoms with Gasteiger partial charge in [-0.05, 0) is 26.0 Å². The Labute approximate surface area is 93.5 Å². The number of carbonyl (C=O) groups excluding carboxylic acids is 2. The minimum atomic E-state index is -0.229. The second kappa shape index (κ2) is 5.08. The van der Waals surface area contributed by atoms with Crippen LogP contribution in [0.3, 0.4) is 0 Å². The smallest absolute Gasteiger partial charge is 0.160 e. The molecule has 1 rings (SSSR count). The van der Waals surface area contributed by atoms with Gasteiger partial charge in [0.05, 0.1) is 17.7 Å². The Hall–Kier alpha value is -2.15. The molecule has 0 aromatic heterocycles. The zero-order chi connectivity index (χ0) is 12.1. The Bertz CT molecular complexity index is 472. The third kappa shape index (κ3) is 2.09. The van der Waals surface area contributed by atoms with Crippen LogP contribution in [0.1, 0.15) is 40.1 Å². The van der Waals surface area contributed by atoms with Crippen molar-refractivity contribution in [3.05, 3.63) is 28.8 Å². The van der Waals surface area contributed by atoms with Crippen LogP contribution in [0.2, 0.25) is 0 Å². The van der Waals surface area contributed by atoms with Crippen LogP contribution in [0, 0.1) is 11.3 Å². The van der Waals surface area contributed by atoms with Gasteiger partial charge in [-0.2, -0.15) is 5.26 Å². The number of nitrogens with zero attached hydrogens (tertiary/aromatic N) is 1. The van der Waals surface area contributed by atoms with E-state index in [-0.39, 0.29) is 28.2 Å². The van der Waals surface area contributed by atoms with Gasteiger partial charge in [-0.1, -0.05) is 0 Å². The second-order valence-electron chi connectivity index (χ2n) is 3.12. The van der Waals surface area contributed by atoms with Crippen molar-refractivity contribution in [2.24, 2.45) is 0 Å². The van der Waals surface area contributed by atoms with Crippen molar-refractivity contribution in [1.82, 2.24) is 0 Å². The molecule has 0 radical (unpaired) electrons. The first-order valence-electron chi connectivity index (χ1n) is 4.81. The molecular weight excluding hydrogens is 206 g/mol. The lowest BCUT2D eigenvalue weighted by Gasteiger charge is -2.10. The number of hydrogen-bond donors (Lipinski definition) is 0. The van der Waals surface area contributed by atoms with Crippen molar-refractivity contribution in [3.63, 3.8) is 0 Å². The van der Waals surface area contributed by atoms with Gasteiger partial charge in [0.15, 0.2) is 12.1 Å². The maximum atomic E-state index is 11.3. The van der Waals surface area contributed by atoms with Crippen LogP contribution < -0.4 is 4.74 Å². The van der Waals surface area contributed by atoms with Crippen molar-refractivity contribution in [2.75, 3.05) is 6.61 Å². The minimum Gasteiger partial charge on any atom is -0.492 e. The number of nitriles is 1. The highest BCUT2D eigenvalue weighted by molar-refractivity contribution is 6.03. The maximum Gasteiger partial charge on any atom is 0.160 e. The van der Waals surface area contributed by atoms with Crippen molar-refractivity contribution in [2.45, 2.75) is 13.8 Å². The van der Waals surface area contributed by atoms with Crippen LogP contribution in [0.4, 0.5) is 0 Å². The summed E-state index contributed by atoms with van der Waals surface area (Å²) in [6.45, 7) is 3.44. The molecule has 1 aromatic carbocycles. The van der Waals surface area contributed by atoms with Gasteiger partial charge in [0.25, 0.3) is 0 Å². The van der Waals surface area contributed by atoms with E-state index in [0.29, 0.717) is 12.9 Å². The zero-order valence-corrected chi connectivity index (χ0v) is 9.11. The molecule has 82 valence electrons. The Kier molecular flexibility index (Phi) is 3.78. The van der Waals surface area contributed by atoms with E-state index in [9.17, 15) is 9.59 Å². The molecule has 0 bridgehead atoms. The Morgan fingerprint density at radius 2 is 2.25 bits per heavy atom. The average molecular weight is 217 g/mol. The summed E-state index contributed by atoms with van der Waals surface area (Å²) in [6, 6.07) is 4.87. The normalized spacial score (nSPS) is 9.31. The molecular formula is C12H11NO3. The van der Waals surface area contributed by atoms with Gasteiger partial charge in [-0.3, -0.25) is 9.59 Å². The van der Waals surface area contributed by atoms with Crippen molar-refractivity contribution < 1.29 is 14.3 Å². The van der Waals surface area contributed by atoms with Crippen molar-refractivity contribution >= 4 is 12.1 Å². The first-order valence-corrected chi connectivity index (χ1v) is 4.81. The third-order valence-electron chi connectivity index (χ3n) is 2.10. The molecule has 4 nitrogen and oxygen atoms in total. The summed E-state index contributed by atoms with van der Waals surface area (Å²) >= 11 is 0. The fourth-order valence-corrected chi connectivity index (χ4v) is 1.41. The summed E-state index contributed by atoms with van der Waals surface area (Å²) in [4.78, 5) is 22.2. The van der Waals surface area contributed by atoms with E-state index in [1.165, 1.54) is 19.1 Å². The molecule has 0 atom stereocenters. The second-order valence-corrected chi connectivity index (χ2v) is 3.12. The highest BCUT2D eigenvalue weighted by Crippen LogP contribution is 2.26. The molecule has 0 heterocycles. The van der Waals surface area contributed by atoms with E-state index in [1.54, 1.807) is 6.92 Å². The lowest BCUT2D eigenvalue weighted by molar-refractivity contribution is 0.100. The summed E-state index contributed by atoms with van der Waals surface area (Å²) in [5.41, 5.74) is 0.680. The number of Topliss-reactive ketones (excluding diaryl/α,β-unsaturated/α-hetero) is 1. The van der Waals surface area contributed by atoms with Crippen LogP contribution >= 0.6 is 0 Å². The van der Waals surface area contributed by atoms with Crippen LogP contribution in [0.15, 0.2) is 12.1 Å². The van der Waals surface area contributed by atoms with E-state index >= 15 is 0 Å². The summed E-state index contributed by atoms with van der Waals surface area (Å²) in [6.07, 6.45) is 0.544. The number of carbonyl (C=O) groups is 2. The highest BCUT2D eigenvalue weighted by Gasteiger charge is 2.16. The van der Waals surface area contributed by atoms with Crippen LogP contribution in [-0.4, -0.2) is 18.7 Å². The lowest BCUT2D eigenvalue weighted by Crippen LogP contribution is -2.05. The largest absolute Gasteiger partial charge is 0.492 e. The standard InChI is InChI=1S/C12H11NO3/c1-3-16-12-9(6-13)4-5-10(8(2)15)11(12)7-14/h4-5,7H,3H2,1-2H3. The molecule has 0 spiro atoms. The molecule has 0 saturated heterocycles. The fraction of sp³-hybridized carbons (Fsp3) is 0.250. The monoisotopic (exact) mass is 217 g/mol. The van der Waals surface area contributed by atoms with Crippen LogP contribution in [0.25, 0.3) is 0 Å². The van der Waals surface area contributed by atoms with E-state index in [4.69, 9.17) is 10.00 Å². The fourth-order valence-electron chi connectivity index (χ4n) is 1.41. The highest BCUT2D eigenvalue weighted by atomic mass is 16.5. The summed E-state index contributed by atoms with van der Waals surface area (Å²) in [5, 5.41) is 8.86. The van der Waals surface area contributed by atoms with E-state index in [2.05, 4.69) is 0 Å². The van der Waals surface area contributed by atoms with Crippen LogP contribution in [0.5, 0.6) is 5.75 Å². The molecule has 0 aliphatic carbocycles. The SMILES string of the molecule is CCOc1c(C#N)ccc(C(C)=O)c1C=O. The zero-order valence-electron chi connectivity index (χ0n) is 9.11. The summed E-state index contributed by atoms with van der Waals surface area (Å²) in [7, 11) is 0. The quantitative estimate of drug-likeness (QED) is 0.571. The van der Waals surface area contributed by atoms with E-state index < -0.39 is 0 Å². The summed E-state index contributed by atoms with van der Waals surface area (Å²) < 4.78 is 5.23. The molecule has 0 aliphatic rings. The van der Waals surface area contributed by atoms with E-state index in [0.717, 1.165) is 0 Å². The Balaban J connectivity index is 3.50. The first kappa shape index (κ1) is 11.9. The lowest BCUT2D eigenvalue weighted by atomic mass is 10.0. The molecule has 16 heavy (non-hydrogen) atoms. The van der Waals surface area contributed by atoms with Gasteiger partial charge in [0.1, 0.15) is 11.8 Å². The van der Waals surface area contributed by atoms with E-state index in [1.807, 2.05) is 6.07 Å². The number of hydrogen-bond acceptors (Lipinski definition) is 4. The molecule has 4 heteroatoms. The molecule has 0 aliphatic heterocycles. The predicted molar refractivity (Wildman–Crippen MR) is 57.7 cm³/mol. The molecule has 1 aromatic rings. The Morgan fingerprint density at radius 1 is 1.56 bits per heavy atom. The number of benzene rings is 1. The number of ketones is 1. The Morgan fingerprint density at radius 3 is 2.69 bits per heavy atom. The third-order valence-corrected chi connectivity index (χ3v) is 2.10. The molecule has 0 amide bonds. The van der Waals surface area contributed by atoms with Crippen molar-refractivity contribution in [3.8, 4) is 11.8 Å². The summed E-state index contributed by atoms with van der Waals surface area (Å²) in [5.74, 6) is -0.0414. The van der Waals surface area contributed by atoms with Gasteiger partial charge in [0, 0.05) is 5.56 Å². The van der Waals surface area contributed by atoms with Gasteiger partial charge >= 0.3 is 0 Å². The molecule has 0 fully saturated rings. The predicted octanol–water partition coefficient (Wildman–Crippen LogP) is 1.97. The molecule has 0 N–H and O–H groups in total. The van der Waals surface area contributed by atoms with Gasteiger partial charge < -0.3 is 4.74 Å². The first-order chi connectivity index (χ1) is 7.65. The topological polar surface area (TPSA) is 67.2 Å². The number of ether oxygens (including phenoxy) is 1. The van der Waals surface area contributed by atoms with Crippen LogP contribution in [-0.2, 0) is 0 Å². The van der Waals surface area contributed by atoms with Gasteiger partial charge in [-0.15, -0.1) is 0 Å². The van der Waals surface area contributed by atoms with Crippen molar-refractivity contribution in [1.29, 1.82) is 5.26 Å². The number of aldehydes is 1. The minimum absolute atomic E-state index is 0.147. The molecule has 0 saturated carbocycles. The van der Waals surface area contributed by atoms with Gasteiger partial charge in [0.2, 0.25) is 0 Å². The number of rotatable bonds is 4. The molecule has 0 unspecified atom stereocenters. The van der Waals surface area contributed by atoms with Gasteiger partial charge in [-0.25, -0.2) is 0 Å². The average Bonchev–Trinajstić information content (AvgIpc) is 2.28. The maximum absolute atomic E-state index is 11.3.